The minimum absolute atomic E-state index is 0.0536. The molecule has 0 amide bonds. The molecule has 3 nitrogen and oxygen atoms in total. The zero-order chi connectivity index (χ0) is 14.7. The van der Waals surface area contributed by atoms with E-state index in [0.717, 1.165) is 11.1 Å². The maximum absolute atomic E-state index is 11.6. The highest BCUT2D eigenvalue weighted by Gasteiger charge is 2.10. The van der Waals surface area contributed by atoms with Crippen molar-refractivity contribution in [2.75, 3.05) is 7.11 Å². The number of aromatic hydroxyl groups is 1. The molecule has 0 unspecified atom stereocenters. The number of methoxy groups -OCH3 is 1. The lowest BCUT2D eigenvalue weighted by atomic mass is 9.96. The molecule has 2 aromatic rings. The number of hydrogen-bond acceptors (Lipinski definition) is 3. The first-order valence-corrected chi connectivity index (χ1v) is 6.54. The highest BCUT2D eigenvalue weighted by molar-refractivity contribution is 5.91. The summed E-state index contributed by atoms with van der Waals surface area (Å²) in [6.07, 6.45) is 0. The topological polar surface area (TPSA) is 46.5 Å². The lowest BCUT2D eigenvalue weighted by Crippen LogP contribution is -2.01. The predicted octanol–water partition coefficient (Wildman–Crippen LogP) is 3.97. The molecule has 2 rings (SSSR count). The van der Waals surface area contributed by atoms with E-state index in [4.69, 9.17) is 4.74 Å². The fraction of sp³-hybridized carbons (Fsp3) is 0.235. The van der Waals surface area contributed by atoms with Crippen LogP contribution in [0.3, 0.4) is 0 Å². The van der Waals surface area contributed by atoms with E-state index in [2.05, 4.69) is 26.0 Å². The number of benzene rings is 2. The van der Waals surface area contributed by atoms with E-state index in [1.165, 1.54) is 18.7 Å². The minimum atomic E-state index is -0.456. The minimum Gasteiger partial charge on any atom is -0.508 e. The maximum atomic E-state index is 11.6. The van der Waals surface area contributed by atoms with E-state index in [1.54, 1.807) is 12.1 Å². The van der Waals surface area contributed by atoms with Crippen LogP contribution in [0.5, 0.6) is 5.75 Å². The Morgan fingerprint density at radius 2 is 1.85 bits per heavy atom. The molecular formula is C17H18O3. The molecular weight excluding hydrogens is 252 g/mol. The van der Waals surface area contributed by atoms with Crippen molar-refractivity contribution < 1.29 is 14.6 Å². The SMILES string of the molecule is COC(=O)c1cc(O)cc(-c2cccc(C(C)C)c2)c1. The van der Waals surface area contributed by atoms with Gasteiger partial charge in [0.05, 0.1) is 12.7 Å². The number of esters is 1. The first kappa shape index (κ1) is 14.1. The Morgan fingerprint density at radius 3 is 2.50 bits per heavy atom. The van der Waals surface area contributed by atoms with Crippen molar-refractivity contribution in [3.63, 3.8) is 0 Å². The van der Waals surface area contributed by atoms with Crippen LogP contribution in [0.15, 0.2) is 42.5 Å². The summed E-state index contributed by atoms with van der Waals surface area (Å²) in [5.74, 6) is 0.0207. The van der Waals surface area contributed by atoms with E-state index in [9.17, 15) is 9.90 Å². The van der Waals surface area contributed by atoms with E-state index < -0.39 is 5.97 Å². The average molecular weight is 270 g/mol. The Labute approximate surface area is 118 Å². The van der Waals surface area contributed by atoms with Crippen LogP contribution in [0.25, 0.3) is 11.1 Å². The summed E-state index contributed by atoms with van der Waals surface area (Å²) in [5, 5.41) is 9.77. The van der Waals surface area contributed by atoms with Crippen LogP contribution in [-0.4, -0.2) is 18.2 Å². The first-order chi connectivity index (χ1) is 9.51. The van der Waals surface area contributed by atoms with Gasteiger partial charge in [0.15, 0.2) is 0 Å². The molecule has 104 valence electrons. The second kappa shape index (κ2) is 5.78. The van der Waals surface area contributed by atoms with Crippen molar-refractivity contribution in [2.45, 2.75) is 19.8 Å². The van der Waals surface area contributed by atoms with Crippen LogP contribution in [-0.2, 0) is 4.74 Å². The number of phenolic OH excluding ortho intramolecular Hbond substituents is 1. The molecule has 0 saturated heterocycles. The summed E-state index contributed by atoms with van der Waals surface area (Å²) < 4.78 is 4.69. The summed E-state index contributed by atoms with van der Waals surface area (Å²) in [6, 6.07) is 12.9. The van der Waals surface area contributed by atoms with Gasteiger partial charge in [0.2, 0.25) is 0 Å². The third-order valence-electron chi connectivity index (χ3n) is 3.23. The van der Waals surface area contributed by atoms with Gasteiger partial charge in [-0.3, -0.25) is 0 Å². The average Bonchev–Trinajstić information content (AvgIpc) is 2.45. The van der Waals surface area contributed by atoms with Gasteiger partial charge >= 0.3 is 5.97 Å². The third kappa shape index (κ3) is 2.99. The molecule has 0 aliphatic heterocycles. The summed E-state index contributed by atoms with van der Waals surface area (Å²) >= 11 is 0. The van der Waals surface area contributed by atoms with E-state index >= 15 is 0 Å². The van der Waals surface area contributed by atoms with Crippen LogP contribution in [0.1, 0.15) is 35.7 Å². The second-order valence-electron chi connectivity index (χ2n) is 5.04. The summed E-state index contributed by atoms with van der Waals surface area (Å²) in [6.45, 7) is 4.25. The number of carbonyl (C=O) groups excluding carboxylic acids is 1. The molecule has 0 fully saturated rings. The van der Waals surface area contributed by atoms with Crippen LogP contribution < -0.4 is 0 Å². The Morgan fingerprint density at radius 1 is 1.10 bits per heavy atom. The van der Waals surface area contributed by atoms with Crippen molar-refractivity contribution in [1.82, 2.24) is 0 Å². The molecule has 0 aliphatic carbocycles. The lowest BCUT2D eigenvalue weighted by molar-refractivity contribution is 0.0600. The Balaban J connectivity index is 2.49. The Bertz CT molecular complexity index is 630. The zero-order valence-corrected chi connectivity index (χ0v) is 11.9. The molecule has 20 heavy (non-hydrogen) atoms. The van der Waals surface area contributed by atoms with Crippen molar-refractivity contribution in [3.05, 3.63) is 53.6 Å². The molecule has 0 aromatic heterocycles. The Hall–Kier alpha value is -2.29. The first-order valence-electron chi connectivity index (χ1n) is 6.54. The van der Waals surface area contributed by atoms with Gasteiger partial charge in [0, 0.05) is 0 Å². The van der Waals surface area contributed by atoms with Gasteiger partial charge in [-0.1, -0.05) is 38.1 Å². The van der Waals surface area contributed by atoms with Crippen LogP contribution in [0.4, 0.5) is 0 Å². The van der Waals surface area contributed by atoms with Crippen LogP contribution >= 0.6 is 0 Å². The smallest absolute Gasteiger partial charge is 0.338 e. The predicted molar refractivity (Wildman–Crippen MR) is 79.0 cm³/mol. The Kier molecular flexibility index (Phi) is 4.08. The molecule has 3 heteroatoms. The van der Waals surface area contributed by atoms with Crippen molar-refractivity contribution in [3.8, 4) is 16.9 Å². The van der Waals surface area contributed by atoms with Crippen molar-refractivity contribution in [2.24, 2.45) is 0 Å². The fourth-order valence-corrected chi connectivity index (χ4v) is 2.09. The molecule has 0 radical (unpaired) electrons. The fourth-order valence-electron chi connectivity index (χ4n) is 2.09. The molecule has 0 heterocycles. The van der Waals surface area contributed by atoms with Gasteiger partial charge in [-0.15, -0.1) is 0 Å². The molecule has 1 N–H and O–H groups in total. The molecule has 2 aromatic carbocycles. The molecule has 0 spiro atoms. The largest absolute Gasteiger partial charge is 0.508 e. The van der Waals surface area contributed by atoms with E-state index in [-0.39, 0.29) is 5.75 Å². The summed E-state index contributed by atoms with van der Waals surface area (Å²) in [5.41, 5.74) is 3.33. The molecule has 0 bridgehead atoms. The summed E-state index contributed by atoms with van der Waals surface area (Å²) in [7, 11) is 1.32. The van der Waals surface area contributed by atoms with Crippen molar-refractivity contribution >= 4 is 5.97 Å². The quantitative estimate of drug-likeness (QED) is 0.858. The van der Waals surface area contributed by atoms with Gasteiger partial charge in [0.1, 0.15) is 5.75 Å². The van der Waals surface area contributed by atoms with Crippen molar-refractivity contribution in [1.29, 1.82) is 0 Å². The van der Waals surface area contributed by atoms with Gasteiger partial charge < -0.3 is 9.84 Å². The molecule has 0 atom stereocenters. The standard InChI is InChI=1S/C17H18O3/c1-11(2)12-5-4-6-13(7-12)14-8-15(17(19)20-3)10-16(18)9-14/h4-11,18H,1-3H3. The maximum Gasteiger partial charge on any atom is 0.338 e. The number of ether oxygens (including phenoxy) is 1. The number of carbonyl (C=O) groups is 1. The number of phenols is 1. The lowest BCUT2D eigenvalue weighted by Gasteiger charge is -2.10. The van der Waals surface area contributed by atoms with Crippen LogP contribution in [0, 0.1) is 0 Å². The summed E-state index contributed by atoms with van der Waals surface area (Å²) in [4.78, 5) is 11.6. The van der Waals surface area contributed by atoms with Crippen LogP contribution in [0.2, 0.25) is 0 Å². The number of hydrogen-bond donors (Lipinski definition) is 1. The van der Waals surface area contributed by atoms with Gasteiger partial charge in [-0.05, 0) is 40.8 Å². The molecule has 0 saturated carbocycles. The second-order valence-corrected chi connectivity index (χ2v) is 5.04. The van der Waals surface area contributed by atoms with E-state index in [1.807, 2.05) is 12.1 Å². The normalized spacial score (nSPS) is 10.6. The zero-order valence-electron chi connectivity index (χ0n) is 11.9. The monoisotopic (exact) mass is 270 g/mol. The number of rotatable bonds is 3. The van der Waals surface area contributed by atoms with E-state index in [0.29, 0.717) is 11.5 Å². The van der Waals surface area contributed by atoms with Gasteiger partial charge in [0.25, 0.3) is 0 Å². The van der Waals surface area contributed by atoms with Gasteiger partial charge in [-0.25, -0.2) is 4.79 Å². The van der Waals surface area contributed by atoms with Gasteiger partial charge in [-0.2, -0.15) is 0 Å². The highest BCUT2D eigenvalue weighted by Crippen LogP contribution is 2.28. The highest BCUT2D eigenvalue weighted by atomic mass is 16.5. The third-order valence-corrected chi connectivity index (χ3v) is 3.23. The molecule has 0 aliphatic rings.